The Kier molecular flexibility index (Phi) is 5.67. The molecule has 1 aliphatic carbocycles. The summed E-state index contributed by atoms with van der Waals surface area (Å²) in [6, 6.07) is 18.2. The standard InChI is InChI=1S/C20H22N2O3/c23-19(20(24)22-17-10-11-17)21-12-13-25-18-9-5-4-8-16(18)14-15-6-2-1-3-7-15/h1-9,17H,10-14H2,(H,21,23)(H,22,24). The average molecular weight is 338 g/mol. The van der Waals surface area contributed by atoms with Crippen molar-refractivity contribution in [2.75, 3.05) is 13.2 Å². The van der Waals surface area contributed by atoms with Crippen LogP contribution in [0.2, 0.25) is 0 Å². The van der Waals surface area contributed by atoms with Crippen LogP contribution in [0.1, 0.15) is 24.0 Å². The van der Waals surface area contributed by atoms with Crippen molar-refractivity contribution < 1.29 is 14.3 Å². The van der Waals surface area contributed by atoms with Crippen LogP contribution in [0.4, 0.5) is 0 Å². The van der Waals surface area contributed by atoms with Gasteiger partial charge in [-0.1, -0.05) is 48.5 Å². The lowest BCUT2D eigenvalue weighted by atomic mass is 10.0. The minimum absolute atomic E-state index is 0.180. The van der Waals surface area contributed by atoms with E-state index in [1.807, 2.05) is 42.5 Å². The normalized spacial score (nSPS) is 13.1. The van der Waals surface area contributed by atoms with Crippen LogP contribution >= 0.6 is 0 Å². The van der Waals surface area contributed by atoms with Gasteiger partial charge in [0, 0.05) is 12.5 Å². The Morgan fingerprint density at radius 1 is 0.960 bits per heavy atom. The molecule has 1 aliphatic rings. The third-order valence-electron chi connectivity index (χ3n) is 3.97. The first-order valence-corrected chi connectivity index (χ1v) is 8.55. The molecule has 0 unspecified atom stereocenters. The summed E-state index contributed by atoms with van der Waals surface area (Å²) in [4.78, 5) is 23.2. The number of para-hydroxylation sites is 1. The van der Waals surface area contributed by atoms with Crippen molar-refractivity contribution in [3.8, 4) is 5.75 Å². The molecule has 130 valence electrons. The number of hydrogen-bond donors (Lipinski definition) is 2. The van der Waals surface area contributed by atoms with Crippen LogP contribution in [-0.4, -0.2) is 31.0 Å². The lowest BCUT2D eigenvalue weighted by Crippen LogP contribution is -2.42. The molecule has 0 aliphatic heterocycles. The van der Waals surface area contributed by atoms with Gasteiger partial charge in [0.25, 0.3) is 0 Å². The number of rotatable bonds is 7. The zero-order valence-electron chi connectivity index (χ0n) is 14.0. The SMILES string of the molecule is O=C(NCCOc1ccccc1Cc1ccccc1)C(=O)NC1CC1. The Labute approximate surface area is 147 Å². The molecule has 25 heavy (non-hydrogen) atoms. The second kappa shape index (κ2) is 8.33. The van der Waals surface area contributed by atoms with E-state index in [2.05, 4.69) is 22.8 Å². The molecule has 2 aromatic carbocycles. The van der Waals surface area contributed by atoms with Crippen LogP contribution in [0.5, 0.6) is 5.75 Å². The average Bonchev–Trinajstić information content (AvgIpc) is 3.44. The third kappa shape index (κ3) is 5.35. The monoisotopic (exact) mass is 338 g/mol. The highest BCUT2D eigenvalue weighted by molar-refractivity contribution is 6.35. The number of benzene rings is 2. The van der Waals surface area contributed by atoms with E-state index in [0.29, 0.717) is 6.61 Å². The minimum Gasteiger partial charge on any atom is -0.491 e. The maximum atomic E-state index is 11.6. The van der Waals surface area contributed by atoms with Gasteiger partial charge in [-0.2, -0.15) is 0 Å². The smallest absolute Gasteiger partial charge is 0.309 e. The van der Waals surface area contributed by atoms with E-state index >= 15 is 0 Å². The number of ether oxygens (including phenoxy) is 1. The molecular weight excluding hydrogens is 316 g/mol. The van der Waals surface area contributed by atoms with E-state index in [4.69, 9.17) is 4.74 Å². The van der Waals surface area contributed by atoms with Gasteiger partial charge in [-0.15, -0.1) is 0 Å². The highest BCUT2D eigenvalue weighted by Crippen LogP contribution is 2.21. The fourth-order valence-corrected chi connectivity index (χ4v) is 2.49. The molecule has 0 heterocycles. The molecule has 0 saturated heterocycles. The lowest BCUT2D eigenvalue weighted by Gasteiger charge is -2.12. The maximum Gasteiger partial charge on any atom is 0.309 e. The summed E-state index contributed by atoms with van der Waals surface area (Å²) in [5, 5.41) is 5.24. The highest BCUT2D eigenvalue weighted by Gasteiger charge is 2.26. The van der Waals surface area contributed by atoms with Crippen LogP contribution in [0.15, 0.2) is 54.6 Å². The third-order valence-corrected chi connectivity index (χ3v) is 3.97. The number of amides is 2. The van der Waals surface area contributed by atoms with E-state index in [1.165, 1.54) is 5.56 Å². The van der Waals surface area contributed by atoms with Crippen molar-refractivity contribution in [1.29, 1.82) is 0 Å². The molecule has 1 fully saturated rings. The van der Waals surface area contributed by atoms with Crippen molar-refractivity contribution in [3.05, 3.63) is 65.7 Å². The van der Waals surface area contributed by atoms with Crippen molar-refractivity contribution in [2.24, 2.45) is 0 Å². The first-order chi connectivity index (χ1) is 12.2. The molecule has 1 saturated carbocycles. The van der Waals surface area contributed by atoms with Crippen molar-refractivity contribution in [2.45, 2.75) is 25.3 Å². The quantitative estimate of drug-likeness (QED) is 0.600. The second-order valence-electron chi connectivity index (χ2n) is 6.12. The maximum absolute atomic E-state index is 11.6. The summed E-state index contributed by atoms with van der Waals surface area (Å²) in [5.74, 6) is -0.372. The van der Waals surface area contributed by atoms with E-state index in [-0.39, 0.29) is 12.6 Å². The molecule has 2 aromatic rings. The molecule has 3 rings (SSSR count). The van der Waals surface area contributed by atoms with Crippen molar-refractivity contribution in [1.82, 2.24) is 10.6 Å². The van der Waals surface area contributed by atoms with Crippen LogP contribution in [-0.2, 0) is 16.0 Å². The van der Waals surface area contributed by atoms with Gasteiger partial charge in [0.05, 0.1) is 6.54 Å². The summed E-state index contributed by atoms with van der Waals surface area (Å²) >= 11 is 0. The van der Waals surface area contributed by atoms with E-state index in [1.54, 1.807) is 0 Å². The predicted octanol–water partition coefficient (Wildman–Crippen LogP) is 2.05. The molecule has 2 amide bonds. The Hall–Kier alpha value is -2.82. The summed E-state index contributed by atoms with van der Waals surface area (Å²) in [7, 11) is 0. The number of carbonyl (C=O) groups excluding carboxylic acids is 2. The predicted molar refractivity (Wildman–Crippen MR) is 95.4 cm³/mol. The molecular formula is C20H22N2O3. The van der Waals surface area contributed by atoms with E-state index in [9.17, 15) is 9.59 Å². The summed E-state index contributed by atoms with van der Waals surface area (Å²) in [6.45, 7) is 0.602. The number of hydrogen-bond acceptors (Lipinski definition) is 3. The number of nitrogens with one attached hydrogen (secondary N) is 2. The lowest BCUT2D eigenvalue weighted by molar-refractivity contribution is -0.139. The zero-order valence-corrected chi connectivity index (χ0v) is 14.0. The summed E-state index contributed by atoms with van der Waals surface area (Å²) < 4.78 is 5.79. The van der Waals surface area contributed by atoms with Crippen molar-refractivity contribution >= 4 is 11.8 Å². The van der Waals surface area contributed by atoms with Crippen molar-refractivity contribution in [3.63, 3.8) is 0 Å². The summed E-state index contributed by atoms with van der Waals surface area (Å²) in [5.41, 5.74) is 2.30. The minimum atomic E-state index is -0.604. The Morgan fingerprint density at radius 2 is 1.68 bits per heavy atom. The Balaban J connectivity index is 1.46. The zero-order chi connectivity index (χ0) is 17.5. The van der Waals surface area contributed by atoms with Gasteiger partial charge in [0.15, 0.2) is 0 Å². The first-order valence-electron chi connectivity index (χ1n) is 8.55. The molecule has 0 aromatic heterocycles. The van der Waals surface area contributed by atoms with E-state index in [0.717, 1.165) is 30.6 Å². The molecule has 5 heteroatoms. The Bertz CT molecular complexity index is 727. The van der Waals surface area contributed by atoms with Gasteiger partial charge in [0.2, 0.25) is 0 Å². The molecule has 0 radical (unpaired) electrons. The van der Waals surface area contributed by atoms with Gasteiger partial charge in [-0.25, -0.2) is 0 Å². The topological polar surface area (TPSA) is 67.4 Å². The van der Waals surface area contributed by atoms with Crippen LogP contribution in [0.3, 0.4) is 0 Å². The van der Waals surface area contributed by atoms with Gasteiger partial charge in [0.1, 0.15) is 12.4 Å². The van der Waals surface area contributed by atoms with Crippen LogP contribution in [0.25, 0.3) is 0 Å². The van der Waals surface area contributed by atoms with Gasteiger partial charge < -0.3 is 15.4 Å². The van der Waals surface area contributed by atoms with E-state index < -0.39 is 11.8 Å². The Morgan fingerprint density at radius 3 is 2.44 bits per heavy atom. The van der Waals surface area contributed by atoms with Crippen LogP contribution < -0.4 is 15.4 Å². The molecule has 0 spiro atoms. The van der Waals surface area contributed by atoms with Gasteiger partial charge in [-0.05, 0) is 30.0 Å². The van der Waals surface area contributed by atoms with Crippen LogP contribution in [0, 0.1) is 0 Å². The largest absolute Gasteiger partial charge is 0.491 e. The molecule has 5 nitrogen and oxygen atoms in total. The number of carbonyl (C=O) groups is 2. The molecule has 0 bridgehead atoms. The van der Waals surface area contributed by atoms with Gasteiger partial charge >= 0.3 is 11.8 Å². The fourth-order valence-electron chi connectivity index (χ4n) is 2.49. The fraction of sp³-hybridized carbons (Fsp3) is 0.300. The first kappa shape index (κ1) is 17.0. The van der Waals surface area contributed by atoms with Gasteiger partial charge in [-0.3, -0.25) is 9.59 Å². The molecule has 2 N–H and O–H groups in total. The highest BCUT2D eigenvalue weighted by atomic mass is 16.5. The summed E-state index contributed by atoms with van der Waals surface area (Å²) in [6.07, 6.45) is 2.70. The second-order valence-corrected chi connectivity index (χ2v) is 6.12. The molecule has 0 atom stereocenters.